The molecule has 0 radical (unpaired) electrons. The first-order valence-electron chi connectivity index (χ1n) is 6.55. The minimum absolute atomic E-state index is 0.241. The van der Waals surface area contributed by atoms with Crippen LogP contribution in [0.1, 0.15) is 25.8 Å². The molecule has 5 heteroatoms. The third-order valence-electron chi connectivity index (χ3n) is 3.49. The number of amides is 1. The number of carboxylic acids is 1. The van der Waals surface area contributed by atoms with Crippen molar-refractivity contribution in [1.82, 2.24) is 5.32 Å². The van der Waals surface area contributed by atoms with E-state index in [4.69, 9.17) is 4.74 Å². The maximum Gasteiger partial charge on any atom is 0.326 e. The number of carbonyl (C=O) groups excluding carboxylic acids is 1. The smallest absolute Gasteiger partial charge is 0.326 e. The van der Waals surface area contributed by atoms with Crippen molar-refractivity contribution in [3.05, 3.63) is 35.9 Å². The molecule has 1 aromatic carbocycles. The van der Waals surface area contributed by atoms with Crippen molar-refractivity contribution in [3.8, 4) is 0 Å². The Morgan fingerprint density at radius 1 is 1.35 bits per heavy atom. The van der Waals surface area contributed by atoms with Gasteiger partial charge < -0.3 is 15.2 Å². The van der Waals surface area contributed by atoms with E-state index in [0.29, 0.717) is 6.42 Å². The summed E-state index contributed by atoms with van der Waals surface area (Å²) in [6, 6.07) is 8.22. The molecule has 110 valence electrons. The zero-order valence-corrected chi connectivity index (χ0v) is 12.1. The summed E-state index contributed by atoms with van der Waals surface area (Å²) in [5.74, 6) is -1.47. The number of carboxylic acid groups (broad SMARTS) is 1. The summed E-state index contributed by atoms with van der Waals surface area (Å²) in [5.41, 5.74) is -0.152. The van der Waals surface area contributed by atoms with Gasteiger partial charge in [-0.05, 0) is 18.9 Å². The predicted octanol–water partition coefficient (Wildman–Crippen LogP) is 1.61. The molecule has 1 aromatic rings. The van der Waals surface area contributed by atoms with Gasteiger partial charge in [0.2, 0.25) is 0 Å². The highest BCUT2D eigenvalue weighted by atomic mass is 16.5. The van der Waals surface area contributed by atoms with Gasteiger partial charge in [0, 0.05) is 13.5 Å². The lowest BCUT2D eigenvalue weighted by Crippen LogP contribution is -2.52. The number of hydrogen-bond acceptors (Lipinski definition) is 3. The highest BCUT2D eigenvalue weighted by Gasteiger charge is 2.34. The number of hydrogen-bond donors (Lipinski definition) is 2. The number of methoxy groups -OCH3 is 1. The van der Waals surface area contributed by atoms with E-state index in [2.05, 4.69) is 5.32 Å². The van der Waals surface area contributed by atoms with Gasteiger partial charge in [-0.15, -0.1) is 0 Å². The Labute approximate surface area is 118 Å². The van der Waals surface area contributed by atoms with Crippen molar-refractivity contribution in [3.63, 3.8) is 0 Å². The quantitative estimate of drug-likeness (QED) is 0.795. The minimum Gasteiger partial charge on any atom is -0.480 e. The molecule has 1 rings (SSSR count). The van der Waals surface area contributed by atoms with Crippen LogP contribution in [0.3, 0.4) is 0 Å². The van der Waals surface area contributed by atoms with Crippen molar-refractivity contribution in [2.75, 3.05) is 7.11 Å². The number of ether oxygens (including phenoxy) is 1. The fraction of sp³-hybridized carbons (Fsp3) is 0.467. The van der Waals surface area contributed by atoms with Gasteiger partial charge in [0.25, 0.3) is 5.91 Å². The van der Waals surface area contributed by atoms with Gasteiger partial charge >= 0.3 is 5.97 Å². The fourth-order valence-corrected chi connectivity index (χ4v) is 1.76. The minimum atomic E-state index is -1.06. The number of rotatable bonds is 7. The number of nitrogens with one attached hydrogen (secondary N) is 1. The molecule has 20 heavy (non-hydrogen) atoms. The Morgan fingerprint density at radius 3 is 2.40 bits per heavy atom. The van der Waals surface area contributed by atoms with E-state index in [-0.39, 0.29) is 6.42 Å². The van der Waals surface area contributed by atoms with Crippen LogP contribution < -0.4 is 5.32 Å². The molecule has 5 nitrogen and oxygen atoms in total. The third kappa shape index (κ3) is 4.06. The summed E-state index contributed by atoms with van der Waals surface area (Å²) >= 11 is 0. The second-order valence-corrected chi connectivity index (χ2v) is 4.84. The maximum atomic E-state index is 12.1. The lowest BCUT2D eigenvalue weighted by atomic mass is 10.00. The lowest BCUT2D eigenvalue weighted by molar-refractivity contribution is -0.148. The van der Waals surface area contributed by atoms with Crippen LogP contribution >= 0.6 is 0 Å². The Balaban J connectivity index is 2.78. The van der Waals surface area contributed by atoms with Gasteiger partial charge in [-0.1, -0.05) is 37.3 Å². The fourth-order valence-electron chi connectivity index (χ4n) is 1.76. The Morgan fingerprint density at radius 2 is 1.95 bits per heavy atom. The number of benzene rings is 1. The van der Waals surface area contributed by atoms with Crippen LogP contribution in [0.4, 0.5) is 0 Å². The molecular weight excluding hydrogens is 258 g/mol. The van der Waals surface area contributed by atoms with Gasteiger partial charge in [-0.2, -0.15) is 0 Å². The summed E-state index contributed by atoms with van der Waals surface area (Å²) in [6.07, 6.45) is 0.707. The van der Waals surface area contributed by atoms with E-state index in [0.717, 1.165) is 5.56 Å². The molecule has 0 aromatic heterocycles. The Kier molecular flexibility index (Phi) is 5.70. The molecule has 0 fully saturated rings. The van der Waals surface area contributed by atoms with E-state index >= 15 is 0 Å². The number of aliphatic carboxylic acids is 1. The van der Waals surface area contributed by atoms with E-state index < -0.39 is 23.5 Å². The van der Waals surface area contributed by atoms with Gasteiger partial charge in [0.05, 0.1) is 0 Å². The summed E-state index contributed by atoms with van der Waals surface area (Å²) in [7, 11) is 1.44. The van der Waals surface area contributed by atoms with E-state index in [1.807, 2.05) is 37.3 Å². The predicted molar refractivity (Wildman–Crippen MR) is 75.4 cm³/mol. The lowest BCUT2D eigenvalue weighted by Gasteiger charge is -2.27. The first kappa shape index (κ1) is 16.2. The van der Waals surface area contributed by atoms with Gasteiger partial charge in [0.15, 0.2) is 0 Å². The van der Waals surface area contributed by atoms with E-state index in [1.165, 1.54) is 7.11 Å². The van der Waals surface area contributed by atoms with Crippen LogP contribution in [-0.2, 0) is 20.7 Å². The summed E-state index contributed by atoms with van der Waals surface area (Å²) in [6.45, 7) is 3.46. The monoisotopic (exact) mass is 279 g/mol. The standard InChI is InChI=1S/C15H21NO4/c1-4-15(2,20-3)14(19)16-12(13(17)18)10-11-8-6-5-7-9-11/h5-9,12H,4,10H2,1-3H3,(H,16,19)(H,17,18)/t12-,15?/m0/s1. The molecule has 0 saturated carbocycles. The molecule has 0 bridgehead atoms. The van der Waals surface area contributed by atoms with Crippen molar-refractivity contribution < 1.29 is 19.4 Å². The third-order valence-corrected chi connectivity index (χ3v) is 3.49. The molecule has 2 atom stereocenters. The van der Waals surface area contributed by atoms with Crippen LogP contribution in [0.25, 0.3) is 0 Å². The van der Waals surface area contributed by atoms with Crippen LogP contribution in [0.2, 0.25) is 0 Å². The van der Waals surface area contributed by atoms with E-state index in [1.54, 1.807) is 6.92 Å². The first-order valence-corrected chi connectivity index (χ1v) is 6.55. The molecule has 0 spiro atoms. The molecule has 2 N–H and O–H groups in total. The van der Waals surface area contributed by atoms with Crippen molar-refractivity contribution in [2.24, 2.45) is 0 Å². The summed E-state index contributed by atoms with van der Waals surface area (Å²) in [4.78, 5) is 23.4. The zero-order chi connectivity index (χ0) is 15.2. The van der Waals surface area contributed by atoms with Gasteiger partial charge in [-0.25, -0.2) is 4.79 Å². The zero-order valence-electron chi connectivity index (χ0n) is 12.1. The molecule has 1 unspecified atom stereocenters. The molecule has 1 amide bonds. The van der Waals surface area contributed by atoms with Crippen LogP contribution in [0.5, 0.6) is 0 Å². The SMILES string of the molecule is CCC(C)(OC)C(=O)N[C@@H](Cc1ccccc1)C(=O)O. The molecule has 0 saturated heterocycles. The highest BCUT2D eigenvalue weighted by Crippen LogP contribution is 2.15. The molecule has 0 heterocycles. The van der Waals surface area contributed by atoms with Crippen molar-refractivity contribution in [2.45, 2.75) is 38.3 Å². The summed E-state index contributed by atoms with van der Waals surface area (Å²) < 4.78 is 5.17. The van der Waals surface area contributed by atoms with Crippen LogP contribution in [0.15, 0.2) is 30.3 Å². The van der Waals surface area contributed by atoms with Gasteiger partial charge in [-0.3, -0.25) is 4.79 Å². The molecule has 0 aliphatic rings. The van der Waals surface area contributed by atoms with E-state index in [9.17, 15) is 14.7 Å². The molecule has 0 aliphatic carbocycles. The van der Waals surface area contributed by atoms with Crippen LogP contribution in [0, 0.1) is 0 Å². The van der Waals surface area contributed by atoms with Crippen molar-refractivity contribution >= 4 is 11.9 Å². The molecule has 0 aliphatic heterocycles. The molecular formula is C15H21NO4. The maximum absolute atomic E-state index is 12.1. The topological polar surface area (TPSA) is 75.6 Å². The largest absolute Gasteiger partial charge is 0.480 e. The first-order chi connectivity index (χ1) is 9.42. The number of carbonyl (C=O) groups is 2. The Bertz CT molecular complexity index is 454. The highest BCUT2D eigenvalue weighted by molar-refractivity contribution is 5.89. The average molecular weight is 279 g/mol. The Hall–Kier alpha value is -1.88. The average Bonchev–Trinajstić information content (AvgIpc) is 2.46. The second kappa shape index (κ2) is 7.05. The normalized spacial score (nSPS) is 15.2. The second-order valence-electron chi connectivity index (χ2n) is 4.84. The van der Waals surface area contributed by atoms with Crippen LogP contribution in [-0.4, -0.2) is 35.7 Å². The van der Waals surface area contributed by atoms with Crippen molar-refractivity contribution in [1.29, 1.82) is 0 Å². The summed E-state index contributed by atoms with van der Waals surface area (Å²) in [5, 5.41) is 11.8. The van der Waals surface area contributed by atoms with Gasteiger partial charge in [0.1, 0.15) is 11.6 Å².